The van der Waals surface area contributed by atoms with E-state index >= 15 is 0 Å². The summed E-state index contributed by atoms with van der Waals surface area (Å²) in [5, 5.41) is 0. The Morgan fingerprint density at radius 3 is 2.08 bits per heavy atom. The molecule has 0 aromatic rings. The fourth-order valence-electron chi connectivity index (χ4n) is 1.67. The maximum atomic E-state index is 9.22. The molecule has 0 spiro atoms. The minimum atomic E-state index is -0.694. The van der Waals surface area contributed by atoms with Crippen LogP contribution in [0.3, 0.4) is 0 Å². The zero-order valence-corrected chi connectivity index (χ0v) is 10.4. The molecule has 1 unspecified atom stereocenters. The summed E-state index contributed by atoms with van der Waals surface area (Å²) in [6.45, 7) is 8.83. The number of nitrogens with two attached hydrogens (primary N) is 1. The van der Waals surface area contributed by atoms with Crippen molar-refractivity contribution in [1.82, 2.24) is 0 Å². The number of amides is 1. The average molecular weight is 201 g/mol. The van der Waals surface area contributed by atoms with E-state index in [2.05, 4.69) is 25.8 Å². The van der Waals surface area contributed by atoms with E-state index in [0.717, 1.165) is 5.54 Å². The maximum Gasteiger partial charge on any atom is 0.214 e. The molecule has 1 fully saturated rings. The fraction of sp³-hybridized carbons (Fsp3) is 0.900. The molecule has 0 aliphatic carbocycles. The van der Waals surface area contributed by atoms with Crippen molar-refractivity contribution in [3.8, 4) is 0 Å². The van der Waals surface area contributed by atoms with Crippen molar-refractivity contribution in [3.63, 3.8) is 0 Å². The molecule has 1 saturated heterocycles. The van der Waals surface area contributed by atoms with Crippen LogP contribution >= 0.6 is 0 Å². The first kappa shape index (κ1) is 12.7. The Bertz CT molecular complexity index is 164. The van der Waals surface area contributed by atoms with Gasteiger partial charge in [-0.25, -0.2) is 0 Å². The van der Waals surface area contributed by atoms with E-state index in [9.17, 15) is 4.79 Å². The van der Waals surface area contributed by atoms with Gasteiger partial charge < -0.3 is 5.73 Å². The summed E-state index contributed by atoms with van der Waals surface area (Å²) in [5.41, 5.74) is 5.56. The molecule has 13 heavy (non-hydrogen) atoms. The number of hydrogen-bond donors (Lipinski definition) is 1. The topological polar surface area (TPSA) is 43.1 Å². The number of primary amides is 1. The van der Waals surface area contributed by atoms with Crippen LogP contribution in [0, 0.1) is 0 Å². The third-order valence-corrected chi connectivity index (χ3v) is 7.64. The van der Waals surface area contributed by atoms with Crippen LogP contribution in [-0.2, 0) is 4.79 Å². The summed E-state index contributed by atoms with van der Waals surface area (Å²) >= 11 is 0. The first-order valence-electron chi connectivity index (χ1n) is 5.12. The summed E-state index contributed by atoms with van der Waals surface area (Å²) < 4.78 is 0. The number of carbonyl (C=O) groups is 1. The van der Waals surface area contributed by atoms with Crippen molar-refractivity contribution in [2.24, 2.45) is 5.73 Å². The Morgan fingerprint density at radius 1 is 1.38 bits per heavy atom. The first-order valence-corrected chi connectivity index (χ1v) is 8.41. The third-order valence-electron chi connectivity index (χ3n) is 3.04. The van der Waals surface area contributed by atoms with Gasteiger partial charge in [-0.05, 0) is 5.54 Å². The van der Waals surface area contributed by atoms with Crippen LogP contribution in [0.2, 0.25) is 24.7 Å². The molecule has 0 radical (unpaired) electrons. The standard InChI is InChI=1S/C8H18Si.C2H5NO/c1-8-6-4-5-7-9(8,2)3;1-2(3)4/h8H,4-7H2,1-3H3;1H3,(H2,3,4). The second-order valence-electron chi connectivity index (χ2n) is 4.75. The van der Waals surface area contributed by atoms with E-state index in [4.69, 9.17) is 0 Å². The van der Waals surface area contributed by atoms with E-state index in [1.807, 2.05) is 0 Å². The minimum Gasteiger partial charge on any atom is -0.370 e. The van der Waals surface area contributed by atoms with E-state index in [1.165, 1.54) is 26.2 Å². The highest BCUT2D eigenvalue weighted by Crippen LogP contribution is 2.36. The van der Waals surface area contributed by atoms with Crippen LogP contribution in [0.5, 0.6) is 0 Å². The van der Waals surface area contributed by atoms with E-state index in [-0.39, 0.29) is 5.91 Å². The predicted molar refractivity (Wildman–Crippen MR) is 60.4 cm³/mol. The van der Waals surface area contributed by atoms with Crippen LogP contribution < -0.4 is 5.73 Å². The van der Waals surface area contributed by atoms with Gasteiger partial charge in [0, 0.05) is 6.92 Å². The molecule has 1 aliphatic rings. The van der Waals surface area contributed by atoms with E-state index < -0.39 is 8.07 Å². The molecular formula is C10H23NOSi. The molecule has 3 heteroatoms. The van der Waals surface area contributed by atoms with Gasteiger partial charge in [-0.3, -0.25) is 4.79 Å². The summed E-state index contributed by atoms with van der Waals surface area (Å²) in [6.07, 6.45) is 4.53. The highest BCUT2D eigenvalue weighted by Gasteiger charge is 2.30. The Balaban J connectivity index is 0.000000310. The smallest absolute Gasteiger partial charge is 0.214 e. The minimum absolute atomic E-state index is 0.333. The van der Waals surface area contributed by atoms with Crippen molar-refractivity contribution in [2.45, 2.75) is 57.8 Å². The lowest BCUT2D eigenvalue weighted by Gasteiger charge is -2.34. The molecule has 1 amide bonds. The van der Waals surface area contributed by atoms with Gasteiger partial charge in [0.05, 0.1) is 8.07 Å². The quantitative estimate of drug-likeness (QED) is 0.602. The van der Waals surface area contributed by atoms with Crippen molar-refractivity contribution in [1.29, 1.82) is 0 Å². The highest BCUT2D eigenvalue weighted by molar-refractivity contribution is 6.78. The maximum absolute atomic E-state index is 9.22. The van der Waals surface area contributed by atoms with Gasteiger partial charge in [-0.1, -0.05) is 45.3 Å². The Labute approximate surface area is 82.9 Å². The molecular weight excluding hydrogens is 178 g/mol. The largest absolute Gasteiger partial charge is 0.370 e. The van der Waals surface area contributed by atoms with Gasteiger partial charge in [-0.2, -0.15) is 0 Å². The Kier molecular flexibility index (Phi) is 5.29. The van der Waals surface area contributed by atoms with Crippen LogP contribution in [0.1, 0.15) is 33.1 Å². The van der Waals surface area contributed by atoms with Crippen LogP contribution in [-0.4, -0.2) is 14.0 Å². The Morgan fingerprint density at radius 2 is 1.85 bits per heavy atom. The van der Waals surface area contributed by atoms with E-state index in [0.29, 0.717) is 0 Å². The van der Waals surface area contributed by atoms with Crippen LogP contribution in [0.4, 0.5) is 0 Å². The molecule has 1 heterocycles. The van der Waals surface area contributed by atoms with Crippen molar-refractivity contribution in [2.75, 3.05) is 0 Å². The normalized spacial score (nSPS) is 25.7. The van der Waals surface area contributed by atoms with Crippen LogP contribution in [0.15, 0.2) is 0 Å². The summed E-state index contributed by atoms with van der Waals surface area (Å²) in [7, 11) is -0.694. The summed E-state index contributed by atoms with van der Waals surface area (Å²) in [5.74, 6) is -0.333. The van der Waals surface area contributed by atoms with Crippen LogP contribution in [0.25, 0.3) is 0 Å². The fourth-order valence-corrected chi connectivity index (χ4v) is 4.31. The number of carbonyl (C=O) groups excluding carboxylic acids is 1. The predicted octanol–water partition coefficient (Wildman–Crippen LogP) is 2.76. The molecule has 0 bridgehead atoms. The number of hydrogen-bond acceptors (Lipinski definition) is 1. The SMILES string of the molecule is CC(N)=O.CC1CCCC[Si]1(C)C. The second kappa shape index (κ2) is 5.42. The summed E-state index contributed by atoms with van der Waals surface area (Å²) in [4.78, 5) is 9.22. The molecule has 0 aromatic heterocycles. The lowest BCUT2D eigenvalue weighted by molar-refractivity contribution is -0.115. The van der Waals surface area contributed by atoms with E-state index in [1.54, 1.807) is 6.04 Å². The first-order chi connectivity index (χ1) is 5.86. The van der Waals surface area contributed by atoms with Gasteiger partial charge in [0.2, 0.25) is 5.91 Å². The van der Waals surface area contributed by atoms with Gasteiger partial charge in [-0.15, -0.1) is 0 Å². The zero-order valence-electron chi connectivity index (χ0n) is 9.39. The van der Waals surface area contributed by atoms with Crippen molar-refractivity contribution >= 4 is 14.0 Å². The molecule has 78 valence electrons. The lowest BCUT2D eigenvalue weighted by atomic mass is 10.2. The van der Waals surface area contributed by atoms with Gasteiger partial charge in [0.1, 0.15) is 0 Å². The molecule has 0 aromatic carbocycles. The molecule has 1 aliphatic heterocycles. The van der Waals surface area contributed by atoms with Crippen molar-refractivity contribution in [3.05, 3.63) is 0 Å². The number of rotatable bonds is 0. The van der Waals surface area contributed by atoms with Gasteiger partial charge in [0.25, 0.3) is 0 Å². The second-order valence-corrected chi connectivity index (χ2v) is 10.2. The molecule has 2 N–H and O–H groups in total. The summed E-state index contributed by atoms with van der Waals surface area (Å²) in [6, 6.07) is 1.58. The molecule has 0 saturated carbocycles. The van der Waals surface area contributed by atoms with Crippen molar-refractivity contribution < 1.29 is 4.79 Å². The third kappa shape index (κ3) is 5.85. The molecule has 1 atom stereocenters. The Hall–Kier alpha value is -0.313. The van der Waals surface area contributed by atoms with Gasteiger partial charge >= 0.3 is 0 Å². The molecule has 1 rings (SSSR count). The van der Waals surface area contributed by atoms with Gasteiger partial charge in [0.15, 0.2) is 0 Å². The highest BCUT2D eigenvalue weighted by atomic mass is 28.3. The zero-order chi connectivity index (χ0) is 10.5. The average Bonchev–Trinajstić information content (AvgIpc) is 1.94. The monoisotopic (exact) mass is 201 g/mol. The lowest BCUT2D eigenvalue weighted by Crippen LogP contribution is -2.33. The molecule has 2 nitrogen and oxygen atoms in total.